The van der Waals surface area contributed by atoms with E-state index >= 15 is 0 Å². The zero-order chi connectivity index (χ0) is 19.7. The highest BCUT2D eigenvalue weighted by molar-refractivity contribution is 6.30. The summed E-state index contributed by atoms with van der Waals surface area (Å²) in [6.45, 7) is 3.18. The van der Waals surface area contributed by atoms with Crippen LogP contribution in [0.2, 0.25) is 5.15 Å². The lowest BCUT2D eigenvalue weighted by atomic mass is 9.96. The van der Waals surface area contributed by atoms with Crippen LogP contribution in [-0.2, 0) is 13.0 Å². The molecule has 0 amide bonds. The smallest absolute Gasteiger partial charge is 0.197 e. The second-order valence-corrected chi connectivity index (χ2v) is 7.32. The molecule has 28 heavy (non-hydrogen) atoms. The van der Waals surface area contributed by atoms with Crippen molar-refractivity contribution in [2.24, 2.45) is 0 Å². The Morgan fingerprint density at radius 3 is 2.75 bits per heavy atom. The van der Waals surface area contributed by atoms with E-state index in [1.54, 1.807) is 12.1 Å². The fraction of sp³-hybridized carbons (Fsp3) is 0.227. The molecule has 1 atom stereocenters. The zero-order valence-corrected chi connectivity index (χ0v) is 16.2. The van der Waals surface area contributed by atoms with Gasteiger partial charge in [0.05, 0.1) is 5.69 Å². The van der Waals surface area contributed by atoms with Gasteiger partial charge in [-0.05, 0) is 24.6 Å². The third-order valence-corrected chi connectivity index (χ3v) is 5.40. The maximum absolute atomic E-state index is 13.1. The molecule has 0 saturated heterocycles. The number of halogens is 1. The lowest BCUT2D eigenvalue weighted by molar-refractivity contribution is 0.0748. The molecule has 1 N–H and O–H groups in total. The summed E-state index contributed by atoms with van der Waals surface area (Å²) in [5, 5.41) is 11.1. The van der Waals surface area contributed by atoms with Gasteiger partial charge in [-0.3, -0.25) is 4.79 Å². The summed E-state index contributed by atoms with van der Waals surface area (Å²) in [6, 6.07) is 14.7. The van der Waals surface area contributed by atoms with Crippen molar-refractivity contribution >= 4 is 23.1 Å². The van der Waals surface area contributed by atoms with E-state index in [2.05, 4.69) is 14.9 Å². The molecule has 4 rings (SSSR count). The molecule has 0 spiro atoms. The number of hydrogen-bond acceptors (Lipinski definition) is 5. The van der Waals surface area contributed by atoms with Gasteiger partial charge >= 0.3 is 0 Å². The predicted molar refractivity (Wildman–Crippen MR) is 109 cm³/mol. The number of Topliss-reactive ketones (excluding diaryl/α,β-unsaturated/α-hetero) is 1. The molecule has 142 valence electrons. The van der Waals surface area contributed by atoms with E-state index in [0.717, 1.165) is 28.9 Å². The van der Waals surface area contributed by atoms with Crippen LogP contribution < -0.4 is 4.90 Å². The third kappa shape index (κ3) is 3.51. The van der Waals surface area contributed by atoms with Gasteiger partial charge in [-0.2, -0.15) is 0 Å². The van der Waals surface area contributed by atoms with Gasteiger partial charge in [0.1, 0.15) is 17.6 Å². The number of aliphatic hydroxyl groups excluding tert-OH is 1. The Hall–Kier alpha value is -2.76. The van der Waals surface area contributed by atoms with Gasteiger partial charge in [-0.25, -0.2) is 9.97 Å². The highest BCUT2D eigenvalue weighted by atomic mass is 35.5. The fourth-order valence-corrected chi connectivity index (χ4v) is 3.78. The highest BCUT2D eigenvalue weighted by Crippen LogP contribution is 2.32. The van der Waals surface area contributed by atoms with Crippen LogP contribution in [0, 0.1) is 6.92 Å². The average molecular weight is 394 g/mol. The largest absolute Gasteiger partial charge is 0.380 e. The number of nitrogens with zero attached hydrogens (tertiary/aromatic N) is 3. The quantitative estimate of drug-likeness (QED) is 0.537. The van der Waals surface area contributed by atoms with Crippen molar-refractivity contribution in [2.45, 2.75) is 26.0 Å². The summed E-state index contributed by atoms with van der Waals surface area (Å²) in [6.07, 6.45) is 1.000. The molecule has 0 radical (unpaired) electrons. The molecule has 0 aliphatic carbocycles. The van der Waals surface area contributed by atoms with E-state index in [9.17, 15) is 9.90 Å². The second-order valence-electron chi connectivity index (χ2n) is 6.96. The van der Waals surface area contributed by atoms with Crippen LogP contribution in [0.4, 0.5) is 5.69 Å². The van der Waals surface area contributed by atoms with Gasteiger partial charge < -0.3 is 10.0 Å². The first-order chi connectivity index (χ1) is 13.5. The van der Waals surface area contributed by atoms with Crippen LogP contribution in [0.15, 0.2) is 54.9 Å². The lowest BCUT2D eigenvalue weighted by Gasteiger charge is -2.32. The molecule has 2 heterocycles. The van der Waals surface area contributed by atoms with Gasteiger partial charge in [0, 0.05) is 36.3 Å². The molecule has 0 bridgehead atoms. The minimum absolute atomic E-state index is 0.314. The Labute approximate surface area is 168 Å². The molecule has 3 aromatic rings. The molecular weight excluding hydrogens is 374 g/mol. The first-order valence-corrected chi connectivity index (χ1v) is 9.53. The van der Waals surface area contributed by atoms with Gasteiger partial charge in [-0.15, -0.1) is 0 Å². The van der Waals surface area contributed by atoms with Crippen LogP contribution in [0.1, 0.15) is 38.8 Å². The first kappa shape index (κ1) is 18.6. The van der Waals surface area contributed by atoms with Crippen molar-refractivity contribution in [1.29, 1.82) is 0 Å². The van der Waals surface area contributed by atoms with Crippen molar-refractivity contribution in [3.05, 3.63) is 88.0 Å². The fourth-order valence-electron chi connectivity index (χ4n) is 3.57. The molecule has 0 fully saturated rings. The molecule has 1 aliphatic heterocycles. The Kier molecular flexibility index (Phi) is 5.11. The van der Waals surface area contributed by atoms with Gasteiger partial charge in [-0.1, -0.05) is 53.6 Å². The van der Waals surface area contributed by atoms with E-state index in [0.29, 0.717) is 29.4 Å². The number of hydrogen-bond donors (Lipinski definition) is 1. The summed E-state index contributed by atoms with van der Waals surface area (Å²) in [4.78, 5) is 23.6. The molecule has 6 heteroatoms. The number of aromatic nitrogens is 2. The van der Waals surface area contributed by atoms with E-state index in [1.807, 2.05) is 43.3 Å². The van der Waals surface area contributed by atoms with Crippen molar-refractivity contribution in [3.8, 4) is 0 Å². The van der Waals surface area contributed by atoms with Crippen LogP contribution in [0.5, 0.6) is 0 Å². The minimum atomic E-state index is -1.20. The molecule has 5 nitrogen and oxygen atoms in total. The summed E-state index contributed by atoms with van der Waals surface area (Å²) < 4.78 is 0. The Morgan fingerprint density at radius 2 is 1.96 bits per heavy atom. The number of fused-ring (bicyclic) bond motifs is 1. The van der Waals surface area contributed by atoms with Crippen LogP contribution in [0.25, 0.3) is 0 Å². The molecule has 2 aromatic carbocycles. The monoisotopic (exact) mass is 393 g/mol. The SMILES string of the molecule is Cc1ccc(N2CCc3ncnc(Cl)c3C2)c(C(=O)C(O)c2ccccc2)c1. The second kappa shape index (κ2) is 7.70. The normalized spacial score (nSPS) is 14.5. The Bertz CT molecular complexity index is 1020. The van der Waals surface area contributed by atoms with Crippen molar-refractivity contribution in [3.63, 3.8) is 0 Å². The van der Waals surface area contributed by atoms with Crippen molar-refractivity contribution in [2.75, 3.05) is 11.4 Å². The van der Waals surface area contributed by atoms with Crippen LogP contribution >= 0.6 is 11.6 Å². The van der Waals surface area contributed by atoms with Gasteiger partial charge in [0.15, 0.2) is 5.78 Å². The van der Waals surface area contributed by atoms with E-state index in [1.165, 1.54) is 6.33 Å². The van der Waals surface area contributed by atoms with E-state index in [-0.39, 0.29) is 5.78 Å². The number of benzene rings is 2. The number of anilines is 1. The summed E-state index contributed by atoms with van der Waals surface area (Å²) in [5.74, 6) is -0.314. The third-order valence-electron chi connectivity index (χ3n) is 5.07. The molecule has 0 saturated carbocycles. The zero-order valence-electron chi connectivity index (χ0n) is 15.5. The summed E-state index contributed by atoms with van der Waals surface area (Å²) in [5.41, 5.74) is 4.68. The number of rotatable bonds is 4. The number of aliphatic hydroxyl groups is 1. The Morgan fingerprint density at radius 1 is 1.18 bits per heavy atom. The first-order valence-electron chi connectivity index (χ1n) is 9.15. The van der Waals surface area contributed by atoms with Crippen molar-refractivity contribution in [1.82, 2.24) is 9.97 Å². The summed E-state index contributed by atoms with van der Waals surface area (Å²) in [7, 11) is 0. The molecular formula is C22H20ClN3O2. The molecule has 1 aromatic heterocycles. The maximum atomic E-state index is 13.1. The average Bonchev–Trinajstić information content (AvgIpc) is 2.73. The predicted octanol–water partition coefficient (Wildman–Crippen LogP) is 3.92. The Balaban J connectivity index is 1.70. The number of ketones is 1. The highest BCUT2D eigenvalue weighted by Gasteiger charge is 2.27. The van der Waals surface area contributed by atoms with Crippen molar-refractivity contribution < 1.29 is 9.90 Å². The maximum Gasteiger partial charge on any atom is 0.197 e. The number of aryl methyl sites for hydroxylation is 1. The molecule has 1 aliphatic rings. The van der Waals surface area contributed by atoms with Crippen LogP contribution in [-0.4, -0.2) is 27.4 Å². The number of carbonyl (C=O) groups is 1. The minimum Gasteiger partial charge on any atom is -0.380 e. The van der Waals surface area contributed by atoms with Crippen LogP contribution in [0.3, 0.4) is 0 Å². The topological polar surface area (TPSA) is 66.3 Å². The van der Waals surface area contributed by atoms with E-state index in [4.69, 9.17) is 11.6 Å². The standard InChI is InChI=1S/C22H20ClN3O2/c1-14-7-8-19(26-10-9-18-17(12-26)22(23)25-13-24-18)16(11-14)21(28)20(27)15-5-3-2-4-6-15/h2-8,11,13,20,27H,9-10,12H2,1H3. The lowest BCUT2D eigenvalue weighted by Crippen LogP contribution is -2.33. The van der Waals surface area contributed by atoms with Gasteiger partial charge in [0.25, 0.3) is 0 Å². The van der Waals surface area contributed by atoms with Gasteiger partial charge in [0.2, 0.25) is 0 Å². The van der Waals surface area contributed by atoms with E-state index < -0.39 is 6.10 Å². The number of carbonyl (C=O) groups excluding carboxylic acids is 1. The molecule has 1 unspecified atom stereocenters. The summed E-state index contributed by atoms with van der Waals surface area (Å²) >= 11 is 6.27.